The van der Waals surface area contributed by atoms with Crippen molar-refractivity contribution in [1.29, 1.82) is 5.26 Å². The lowest BCUT2D eigenvalue weighted by Gasteiger charge is -2.26. The lowest BCUT2D eigenvalue weighted by Crippen LogP contribution is -2.45. The normalized spacial score (nSPS) is 15.2. The molecule has 2 aromatic heterocycles. The van der Waals surface area contributed by atoms with Crippen LogP contribution >= 0.6 is 11.3 Å². The number of anilines is 1. The predicted molar refractivity (Wildman–Crippen MR) is 95.4 cm³/mol. The molecule has 7 nitrogen and oxygen atoms in total. The van der Waals surface area contributed by atoms with Gasteiger partial charge in [-0.2, -0.15) is 5.26 Å². The summed E-state index contributed by atoms with van der Waals surface area (Å²) in [7, 11) is 0. The van der Waals surface area contributed by atoms with Crippen molar-refractivity contribution in [3.63, 3.8) is 0 Å². The van der Waals surface area contributed by atoms with Gasteiger partial charge in [-0.05, 0) is 13.0 Å². The standard InChI is InChI=1S/C16H20N6OS/c1-11-13(8-12(9-17)15(23)20-11)14-10-24-16(21-14)19-4-7-22-5-2-18-3-6-22/h8,10,18H,2-7H2,1H3,(H,19,21)(H,20,23). The molecule has 126 valence electrons. The van der Waals surface area contributed by atoms with Gasteiger partial charge < -0.3 is 15.6 Å². The van der Waals surface area contributed by atoms with Crippen molar-refractivity contribution in [3.8, 4) is 17.3 Å². The van der Waals surface area contributed by atoms with Crippen molar-refractivity contribution >= 4 is 16.5 Å². The van der Waals surface area contributed by atoms with E-state index >= 15 is 0 Å². The highest BCUT2D eigenvalue weighted by Crippen LogP contribution is 2.26. The average molecular weight is 344 g/mol. The fourth-order valence-corrected chi connectivity index (χ4v) is 3.45. The third kappa shape index (κ3) is 3.82. The molecule has 0 radical (unpaired) electrons. The van der Waals surface area contributed by atoms with Gasteiger partial charge in [-0.15, -0.1) is 11.3 Å². The van der Waals surface area contributed by atoms with E-state index in [4.69, 9.17) is 5.26 Å². The number of aryl methyl sites for hydroxylation is 1. The van der Waals surface area contributed by atoms with E-state index in [9.17, 15) is 4.79 Å². The molecule has 0 amide bonds. The molecular formula is C16H20N6OS. The minimum atomic E-state index is -0.358. The number of rotatable bonds is 5. The van der Waals surface area contributed by atoms with Gasteiger partial charge >= 0.3 is 0 Å². The van der Waals surface area contributed by atoms with E-state index in [1.165, 1.54) is 11.3 Å². The molecule has 1 fully saturated rings. The van der Waals surface area contributed by atoms with Gasteiger partial charge in [0.25, 0.3) is 5.56 Å². The summed E-state index contributed by atoms with van der Waals surface area (Å²) in [6, 6.07) is 3.52. The summed E-state index contributed by atoms with van der Waals surface area (Å²) in [6.07, 6.45) is 0. The number of aromatic amines is 1. The first-order valence-corrected chi connectivity index (χ1v) is 8.82. The van der Waals surface area contributed by atoms with Gasteiger partial charge in [0.15, 0.2) is 5.13 Å². The minimum absolute atomic E-state index is 0.108. The third-order valence-electron chi connectivity index (χ3n) is 4.05. The van der Waals surface area contributed by atoms with Crippen LogP contribution in [0.2, 0.25) is 0 Å². The Morgan fingerprint density at radius 2 is 2.25 bits per heavy atom. The van der Waals surface area contributed by atoms with Crippen LogP contribution < -0.4 is 16.2 Å². The van der Waals surface area contributed by atoms with Crippen molar-refractivity contribution in [2.24, 2.45) is 0 Å². The number of nitriles is 1. The molecule has 0 saturated carbocycles. The van der Waals surface area contributed by atoms with Gasteiger partial charge in [0, 0.05) is 55.9 Å². The number of pyridine rings is 1. The van der Waals surface area contributed by atoms with Crippen LogP contribution in [0.1, 0.15) is 11.3 Å². The molecule has 0 atom stereocenters. The molecule has 3 heterocycles. The molecule has 0 unspecified atom stereocenters. The number of H-pyrrole nitrogens is 1. The zero-order valence-corrected chi connectivity index (χ0v) is 14.4. The Kier molecular flexibility index (Phi) is 5.25. The molecule has 24 heavy (non-hydrogen) atoms. The number of nitrogens with zero attached hydrogens (tertiary/aromatic N) is 3. The van der Waals surface area contributed by atoms with E-state index in [1.54, 1.807) is 6.07 Å². The van der Waals surface area contributed by atoms with E-state index in [0.29, 0.717) is 0 Å². The summed E-state index contributed by atoms with van der Waals surface area (Å²) in [5, 5.41) is 18.5. The number of piperazine rings is 1. The quantitative estimate of drug-likeness (QED) is 0.749. The number of aromatic nitrogens is 2. The average Bonchev–Trinajstić information content (AvgIpc) is 3.04. The fourth-order valence-electron chi connectivity index (χ4n) is 2.71. The fraction of sp³-hybridized carbons (Fsp3) is 0.438. The first-order chi connectivity index (χ1) is 11.7. The van der Waals surface area contributed by atoms with Crippen LogP contribution in [0.5, 0.6) is 0 Å². The van der Waals surface area contributed by atoms with Crippen molar-refractivity contribution < 1.29 is 0 Å². The SMILES string of the molecule is Cc1[nH]c(=O)c(C#N)cc1-c1csc(NCCN2CCNCC2)n1. The monoisotopic (exact) mass is 344 g/mol. The zero-order chi connectivity index (χ0) is 16.9. The molecule has 0 aromatic carbocycles. The van der Waals surface area contributed by atoms with E-state index in [2.05, 4.69) is 25.5 Å². The maximum Gasteiger partial charge on any atom is 0.266 e. The summed E-state index contributed by atoms with van der Waals surface area (Å²) in [6.45, 7) is 7.92. The van der Waals surface area contributed by atoms with Crippen LogP contribution in [0.25, 0.3) is 11.3 Å². The Morgan fingerprint density at radius 1 is 1.46 bits per heavy atom. The Hall–Kier alpha value is -2.21. The molecule has 0 spiro atoms. The second-order valence-electron chi connectivity index (χ2n) is 5.72. The molecular weight excluding hydrogens is 324 g/mol. The lowest BCUT2D eigenvalue weighted by molar-refractivity contribution is 0.249. The Balaban J connectivity index is 1.65. The van der Waals surface area contributed by atoms with Crippen LogP contribution in [0.15, 0.2) is 16.2 Å². The minimum Gasteiger partial charge on any atom is -0.360 e. The summed E-state index contributed by atoms with van der Waals surface area (Å²) in [5.74, 6) is 0. The van der Waals surface area contributed by atoms with E-state index in [1.807, 2.05) is 18.4 Å². The highest BCUT2D eigenvalue weighted by Gasteiger charge is 2.12. The number of nitrogens with one attached hydrogen (secondary N) is 3. The van der Waals surface area contributed by atoms with E-state index < -0.39 is 0 Å². The molecule has 3 N–H and O–H groups in total. The van der Waals surface area contributed by atoms with Crippen LogP contribution in [0.4, 0.5) is 5.13 Å². The summed E-state index contributed by atoms with van der Waals surface area (Å²) < 4.78 is 0. The largest absolute Gasteiger partial charge is 0.360 e. The van der Waals surface area contributed by atoms with Gasteiger partial charge in [-0.1, -0.05) is 0 Å². The van der Waals surface area contributed by atoms with E-state index in [0.717, 1.165) is 61.4 Å². The smallest absolute Gasteiger partial charge is 0.266 e. The molecule has 0 bridgehead atoms. The molecule has 2 aromatic rings. The highest BCUT2D eigenvalue weighted by atomic mass is 32.1. The molecule has 0 aliphatic carbocycles. The van der Waals surface area contributed by atoms with Gasteiger partial charge in [-0.3, -0.25) is 9.69 Å². The molecule has 1 saturated heterocycles. The Labute approximate surface area is 144 Å². The van der Waals surface area contributed by atoms with Crippen LogP contribution in [0, 0.1) is 18.3 Å². The number of hydrogen-bond donors (Lipinski definition) is 3. The van der Waals surface area contributed by atoms with Crippen LogP contribution in [-0.2, 0) is 0 Å². The van der Waals surface area contributed by atoms with Gasteiger partial charge in [0.1, 0.15) is 11.6 Å². The molecule has 1 aliphatic rings. The zero-order valence-electron chi connectivity index (χ0n) is 13.6. The third-order valence-corrected chi connectivity index (χ3v) is 4.85. The maximum atomic E-state index is 11.6. The lowest BCUT2D eigenvalue weighted by atomic mass is 10.1. The van der Waals surface area contributed by atoms with Crippen LogP contribution in [0.3, 0.4) is 0 Å². The van der Waals surface area contributed by atoms with E-state index in [-0.39, 0.29) is 11.1 Å². The highest BCUT2D eigenvalue weighted by molar-refractivity contribution is 7.14. The van der Waals surface area contributed by atoms with Crippen molar-refractivity contribution in [3.05, 3.63) is 33.1 Å². The summed E-state index contributed by atoms with van der Waals surface area (Å²) in [4.78, 5) is 21.3. The Morgan fingerprint density at radius 3 is 3.00 bits per heavy atom. The molecule has 1 aliphatic heterocycles. The first kappa shape index (κ1) is 16.6. The van der Waals surface area contributed by atoms with Crippen LogP contribution in [-0.4, -0.2) is 54.1 Å². The predicted octanol–water partition coefficient (Wildman–Crippen LogP) is 0.996. The van der Waals surface area contributed by atoms with Crippen molar-refractivity contribution in [2.45, 2.75) is 6.92 Å². The maximum absolute atomic E-state index is 11.6. The molecule has 3 rings (SSSR count). The molecule has 8 heteroatoms. The number of thiazole rings is 1. The topological polar surface area (TPSA) is 96.8 Å². The van der Waals surface area contributed by atoms with Gasteiger partial charge in [0.05, 0.1) is 5.69 Å². The second-order valence-corrected chi connectivity index (χ2v) is 6.58. The number of hydrogen-bond acceptors (Lipinski definition) is 7. The van der Waals surface area contributed by atoms with Gasteiger partial charge in [-0.25, -0.2) is 4.98 Å². The van der Waals surface area contributed by atoms with Crippen molar-refractivity contribution in [1.82, 2.24) is 20.2 Å². The van der Waals surface area contributed by atoms with Gasteiger partial charge in [0.2, 0.25) is 0 Å². The second kappa shape index (κ2) is 7.57. The summed E-state index contributed by atoms with van der Waals surface area (Å²) in [5.41, 5.74) is 2.03. The van der Waals surface area contributed by atoms with Crippen molar-refractivity contribution in [2.75, 3.05) is 44.6 Å². The summed E-state index contributed by atoms with van der Waals surface area (Å²) >= 11 is 1.53. The Bertz CT molecular complexity index is 800. The first-order valence-electron chi connectivity index (χ1n) is 7.94.